The predicted octanol–water partition coefficient (Wildman–Crippen LogP) is 1.78. The molecule has 0 aromatic carbocycles. The van der Waals surface area contributed by atoms with Gasteiger partial charge in [0, 0.05) is 12.8 Å². The smallest absolute Gasteiger partial charge is 0.133 e. The standard InChI is InChI=1S/C9H16O2/c1-9(2,3)11-6-7-4-8(10)5-7/h7H,4-6H2,1-3H3. The second kappa shape index (κ2) is 2.94. The zero-order chi connectivity index (χ0) is 8.48. The first-order valence-corrected chi connectivity index (χ1v) is 4.13. The number of rotatable bonds is 2. The first-order valence-electron chi connectivity index (χ1n) is 4.13. The molecule has 0 aromatic rings. The van der Waals surface area contributed by atoms with Crippen molar-refractivity contribution in [3.8, 4) is 0 Å². The summed E-state index contributed by atoms with van der Waals surface area (Å²) in [6.45, 7) is 6.85. The SMILES string of the molecule is CC(C)(C)OCC1CC(=O)C1. The summed E-state index contributed by atoms with van der Waals surface area (Å²) in [7, 11) is 0. The molecule has 0 aliphatic heterocycles. The first kappa shape index (κ1) is 8.72. The van der Waals surface area contributed by atoms with E-state index in [0.29, 0.717) is 11.7 Å². The summed E-state index contributed by atoms with van der Waals surface area (Å²) in [5.74, 6) is 0.884. The molecular formula is C9H16O2. The highest BCUT2D eigenvalue weighted by atomic mass is 16.5. The molecule has 11 heavy (non-hydrogen) atoms. The van der Waals surface area contributed by atoms with Crippen LogP contribution in [-0.4, -0.2) is 18.0 Å². The second-order valence-corrected chi connectivity index (χ2v) is 4.24. The van der Waals surface area contributed by atoms with Crippen LogP contribution in [0.3, 0.4) is 0 Å². The monoisotopic (exact) mass is 156 g/mol. The Kier molecular flexibility index (Phi) is 2.33. The van der Waals surface area contributed by atoms with Crippen molar-refractivity contribution < 1.29 is 9.53 Å². The number of ether oxygens (including phenoxy) is 1. The average Bonchev–Trinajstić information content (AvgIpc) is 1.75. The van der Waals surface area contributed by atoms with Gasteiger partial charge >= 0.3 is 0 Å². The van der Waals surface area contributed by atoms with Gasteiger partial charge in [0.25, 0.3) is 0 Å². The number of carbonyl (C=O) groups is 1. The molecule has 64 valence electrons. The van der Waals surface area contributed by atoms with Crippen LogP contribution in [0.15, 0.2) is 0 Å². The molecule has 1 rings (SSSR count). The molecule has 0 radical (unpaired) electrons. The van der Waals surface area contributed by atoms with E-state index in [9.17, 15) is 4.79 Å². The highest BCUT2D eigenvalue weighted by Gasteiger charge is 2.27. The second-order valence-electron chi connectivity index (χ2n) is 4.24. The lowest BCUT2D eigenvalue weighted by molar-refractivity contribution is -0.131. The van der Waals surface area contributed by atoms with Crippen molar-refractivity contribution in [2.45, 2.75) is 39.2 Å². The minimum absolute atomic E-state index is 0.0569. The molecule has 2 nitrogen and oxygen atoms in total. The van der Waals surface area contributed by atoms with Crippen LogP contribution < -0.4 is 0 Å². The van der Waals surface area contributed by atoms with Gasteiger partial charge in [0.2, 0.25) is 0 Å². The van der Waals surface area contributed by atoms with E-state index in [2.05, 4.69) is 0 Å². The number of ketones is 1. The van der Waals surface area contributed by atoms with Crippen LogP contribution in [0.2, 0.25) is 0 Å². The number of hydrogen-bond acceptors (Lipinski definition) is 2. The molecule has 0 saturated heterocycles. The zero-order valence-corrected chi connectivity index (χ0v) is 7.52. The Labute approximate surface area is 67.9 Å². The maximum absolute atomic E-state index is 10.6. The summed E-state index contributed by atoms with van der Waals surface area (Å²) in [5.41, 5.74) is -0.0569. The van der Waals surface area contributed by atoms with Gasteiger partial charge in [0.15, 0.2) is 0 Å². The molecule has 0 unspecified atom stereocenters. The van der Waals surface area contributed by atoms with E-state index >= 15 is 0 Å². The fraction of sp³-hybridized carbons (Fsp3) is 0.889. The average molecular weight is 156 g/mol. The zero-order valence-electron chi connectivity index (χ0n) is 7.52. The summed E-state index contributed by atoms with van der Waals surface area (Å²) in [6, 6.07) is 0. The molecule has 2 heteroatoms. The molecule has 0 bridgehead atoms. The fourth-order valence-corrected chi connectivity index (χ4v) is 1.07. The largest absolute Gasteiger partial charge is 0.376 e. The lowest BCUT2D eigenvalue weighted by Gasteiger charge is -2.28. The van der Waals surface area contributed by atoms with E-state index in [4.69, 9.17) is 4.74 Å². The summed E-state index contributed by atoms with van der Waals surface area (Å²) in [4.78, 5) is 10.6. The Morgan fingerprint density at radius 2 is 2.00 bits per heavy atom. The molecule has 0 heterocycles. The summed E-state index contributed by atoms with van der Waals surface area (Å²) in [5, 5.41) is 0. The van der Waals surface area contributed by atoms with Gasteiger partial charge in [-0.3, -0.25) is 4.79 Å². The first-order chi connectivity index (χ1) is 4.97. The van der Waals surface area contributed by atoms with Crippen molar-refractivity contribution in [3.05, 3.63) is 0 Å². The predicted molar refractivity (Wildman–Crippen MR) is 43.4 cm³/mol. The molecule has 0 atom stereocenters. The molecule has 0 amide bonds. The third-order valence-electron chi connectivity index (χ3n) is 1.78. The van der Waals surface area contributed by atoms with Gasteiger partial charge in [-0.05, 0) is 26.7 Å². The van der Waals surface area contributed by atoms with Gasteiger partial charge in [0.1, 0.15) is 5.78 Å². The molecule has 1 aliphatic carbocycles. The van der Waals surface area contributed by atoms with E-state index < -0.39 is 0 Å². The lowest BCUT2D eigenvalue weighted by atomic mass is 9.85. The summed E-state index contributed by atoms with van der Waals surface area (Å²) < 4.78 is 5.53. The van der Waals surface area contributed by atoms with Gasteiger partial charge in [-0.25, -0.2) is 0 Å². The Balaban J connectivity index is 2.10. The van der Waals surface area contributed by atoms with Crippen LogP contribution in [0.25, 0.3) is 0 Å². The van der Waals surface area contributed by atoms with Crippen LogP contribution >= 0.6 is 0 Å². The highest BCUT2D eigenvalue weighted by molar-refractivity contribution is 5.84. The number of carbonyl (C=O) groups excluding carboxylic acids is 1. The lowest BCUT2D eigenvalue weighted by Crippen LogP contribution is -2.31. The maximum Gasteiger partial charge on any atom is 0.133 e. The number of Topliss-reactive ketones (excluding diaryl/α,β-unsaturated/α-hetero) is 1. The molecular weight excluding hydrogens is 140 g/mol. The molecule has 1 saturated carbocycles. The van der Waals surface area contributed by atoms with E-state index in [-0.39, 0.29) is 5.60 Å². The van der Waals surface area contributed by atoms with Gasteiger partial charge in [-0.15, -0.1) is 0 Å². The topological polar surface area (TPSA) is 26.3 Å². The Bertz CT molecular complexity index is 147. The molecule has 1 fully saturated rings. The van der Waals surface area contributed by atoms with Crippen LogP contribution in [0.5, 0.6) is 0 Å². The Hall–Kier alpha value is -0.370. The van der Waals surface area contributed by atoms with Crippen LogP contribution in [0.4, 0.5) is 0 Å². The van der Waals surface area contributed by atoms with Crippen LogP contribution in [-0.2, 0) is 9.53 Å². The summed E-state index contributed by atoms with van der Waals surface area (Å²) >= 11 is 0. The van der Waals surface area contributed by atoms with Crippen molar-refractivity contribution >= 4 is 5.78 Å². The van der Waals surface area contributed by atoms with Crippen molar-refractivity contribution in [2.75, 3.05) is 6.61 Å². The third-order valence-corrected chi connectivity index (χ3v) is 1.78. The van der Waals surface area contributed by atoms with Gasteiger partial charge in [-0.2, -0.15) is 0 Å². The van der Waals surface area contributed by atoms with Gasteiger partial charge in [0.05, 0.1) is 12.2 Å². The van der Waals surface area contributed by atoms with E-state index in [0.717, 1.165) is 19.4 Å². The Morgan fingerprint density at radius 1 is 1.45 bits per heavy atom. The van der Waals surface area contributed by atoms with E-state index in [1.165, 1.54) is 0 Å². The minimum atomic E-state index is -0.0569. The Morgan fingerprint density at radius 3 is 2.36 bits per heavy atom. The fourth-order valence-electron chi connectivity index (χ4n) is 1.07. The molecule has 0 spiro atoms. The molecule has 0 aromatic heterocycles. The van der Waals surface area contributed by atoms with Crippen LogP contribution in [0.1, 0.15) is 33.6 Å². The van der Waals surface area contributed by atoms with Crippen molar-refractivity contribution in [3.63, 3.8) is 0 Å². The quantitative estimate of drug-likeness (QED) is 0.609. The van der Waals surface area contributed by atoms with E-state index in [1.807, 2.05) is 20.8 Å². The van der Waals surface area contributed by atoms with Crippen molar-refractivity contribution in [2.24, 2.45) is 5.92 Å². The maximum atomic E-state index is 10.6. The van der Waals surface area contributed by atoms with Gasteiger partial charge < -0.3 is 4.74 Å². The third kappa shape index (κ3) is 3.02. The van der Waals surface area contributed by atoms with Crippen molar-refractivity contribution in [1.29, 1.82) is 0 Å². The van der Waals surface area contributed by atoms with Crippen LogP contribution in [0, 0.1) is 5.92 Å². The van der Waals surface area contributed by atoms with Crippen molar-refractivity contribution in [1.82, 2.24) is 0 Å². The molecule has 0 N–H and O–H groups in total. The van der Waals surface area contributed by atoms with E-state index in [1.54, 1.807) is 0 Å². The summed E-state index contributed by atoms with van der Waals surface area (Å²) in [6.07, 6.45) is 1.46. The normalized spacial score (nSPS) is 20.1. The van der Waals surface area contributed by atoms with Gasteiger partial charge in [-0.1, -0.05) is 0 Å². The minimum Gasteiger partial charge on any atom is -0.376 e. The number of hydrogen-bond donors (Lipinski definition) is 0. The highest BCUT2D eigenvalue weighted by Crippen LogP contribution is 2.24. The molecule has 1 aliphatic rings.